The summed E-state index contributed by atoms with van der Waals surface area (Å²) in [5.74, 6) is 0. The van der Waals surface area contributed by atoms with Gasteiger partial charge in [0.2, 0.25) is 0 Å². The third-order valence-electron chi connectivity index (χ3n) is 3.12. The Bertz CT molecular complexity index is 540. The standard InChI is InChI=1S/C15H18N4/c1-13(15-5-2-4-14(10-15)11-16)18-6-3-8-19-9-7-17-12-19/h2,4-5,7,9-10,12-13,18H,3,6,8H2,1H3. The van der Waals surface area contributed by atoms with Crippen molar-refractivity contribution in [3.63, 3.8) is 0 Å². The Morgan fingerprint density at radius 1 is 1.47 bits per heavy atom. The number of nitriles is 1. The molecule has 1 heterocycles. The first-order valence-corrected chi connectivity index (χ1v) is 6.49. The number of hydrogen-bond acceptors (Lipinski definition) is 3. The van der Waals surface area contributed by atoms with Gasteiger partial charge in [-0.2, -0.15) is 5.26 Å². The van der Waals surface area contributed by atoms with Gasteiger partial charge in [0.1, 0.15) is 0 Å². The lowest BCUT2D eigenvalue weighted by Gasteiger charge is -2.14. The highest BCUT2D eigenvalue weighted by Gasteiger charge is 2.04. The molecule has 0 radical (unpaired) electrons. The second kappa shape index (κ2) is 6.72. The van der Waals surface area contributed by atoms with Crippen LogP contribution in [0.1, 0.15) is 30.5 Å². The fraction of sp³-hybridized carbons (Fsp3) is 0.333. The summed E-state index contributed by atoms with van der Waals surface area (Å²) < 4.78 is 2.07. The van der Waals surface area contributed by atoms with Gasteiger partial charge >= 0.3 is 0 Å². The van der Waals surface area contributed by atoms with Crippen molar-refractivity contribution in [3.8, 4) is 6.07 Å². The van der Waals surface area contributed by atoms with Crippen molar-refractivity contribution in [1.82, 2.24) is 14.9 Å². The molecule has 0 aliphatic carbocycles. The van der Waals surface area contributed by atoms with Crippen LogP contribution in [0.4, 0.5) is 0 Å². The van der Waals surface area contributed by atoms with Crippen LogP contribution in [0.2, 0.25) is 0 Å². The molecule has 0 aliphatic rings. The molecule has 1 N–H and O–H groups in total. The van der Waals surface area contributed by atoms with Crippen molar-refractivity contribution >= 4 is 0 Å². The molecular formula is C15H18N4. The van der Waals surface area contributed by atoms with Crippen LogP contribution in [0.3, 0.4) is 0 Å². The van der Waals surface area contributed by atoms with E-state index in [-0.39, 0.29) is 6.04 Å². The van der Waals surface area contributed by atoms with Crippen LogP contribution < -0.4 is 5.32 Å². The molecule has 0 fully saturated rings. The number of benzene rings is 1. The molecule has 1 aromatic heterocycles. The minimum absolute atomic E-state index is 0.260. The lowest BCUT2D eigenvalue weighted by Crippen LogP contribution is -2.20. The summed E-state index contributed by atoms with van der Waals surface area (Å²) in [6.45, 7) is 4.03. The molecule has 19 heavy (non-hydrogen) atoms. The van der Waals surface area contributed by atoms with E-state index in [1.165, 1.54) is 0 Å². The highest BCUT2D eigenvalue weighted by atomic mass is 15.0. The van der Waals surface area contributed by atoms with Crippen molar-refractivity contribution in [2.75, 3.05) is 6.54 Å². The van der Waals surface area contributed by atoms with Gasteiger partial charge in [-0.3, -0.25) is 0 Å². The average Bonchev–Trinajstić information content (AvgIpc) is 2.96. The van der Waals surface area contributed by atoms with E-state index in [0.29, 0.717) is 5.56 Å². The van der Waals surface area contributed by atoms with E-state index in [1.54, 1.807) is 6.20 Å². The predicted molar refractivity (Wildman–Crippen MR) is 74.4 cm³/mol. The van der Waals surface area contributed by atoms with Crippen molar-refractivity contribution < 1.29 is 0 Å². The zero-order chi connectivity index (χ0) is 13.5. The van der Waals surface area contributed by atoms with Crippen molar-refractivity contribution in [3.05, 3.63) is 54.1 Å². The van der Waals surface area contributed by atoms with Crippen molar-refractivity contribution in [2.24, 2.45) is 0 Å². The molecule has 0 amide bonds. The molecule has 0 saturated carbocycles. The first-order valence-electron chi connectivity index (χ1n) is 6.49. The van der Waals surface area contributed by atoms with Crippen LogP contribution >= 0.6 is 0 Å². The van der Waals surface area contributed by atoms with Crippen LogP contribution in [0.15, 0.2) is 43.0 Å². The van der Waals surface area contributed by atoms with Gasteiger partial charge in [0.25, 0.3) is 0 Å². The topological polar surface area (TPSA) is 53.6 Å². The molecule has 1 aromatic carbocycles. The van der Waals surface area contributed by atoms with Crippen LogP contribution in [0, 0.1) is 11.3 Å². The highest BCUT2D eigenvalue weighted by molar-refractivity contribution is 5.33. The van der Waals surface area contributed by atoms with E-state index < -0.39 is 0 Å². The Labute approximate surface area is 113 Å². The molecule has 1 unspecified atom stereocenters. The van der Waals surface area contributed by atoms with E-state index in [9.17, 15) is 0 Å². The molecule has 0 saturated heterocycles. The molecule has 4 heteroatoms. The summed E-state index contributed by atoms with van der Waals surface area (Å²) in [4.78, 5) is 4.01. The molecule has 2 aromatic rings. The van der Waals surface area contributed by atoms with E-state index in [4.69, 9.17) is 5.26 Å². The minimum atomic E-state index is 0.260. The zero-order valence-electron chi connectivity index (χ0n) is 11.1. The fourth-order valence-corrected chi connectivity index (χ4v) is 1.99. The summed E-state index contributed by atoms with van der Waals surface area (Å²) >= 11 is 0. The maximum atomic E-state index is 8.88. The van der Waals surface area contributed by atoms with E-state index >= 15 is 0 Å². The number of nitrogens with zero attached hydrogens (tertiary/aromatic N) is 3. The van der Waals surface area contributed by atoms with Gasteiger partial charge in [0, 0.05) is 25.0 Å². The Morgan fingerprint density at radius 2 is 2.37 bits per heavy atom. The van der Waals surface area contributed by atoms with Gasteiger partial charge < -0.3 is 9.88 Å². The molecule has 4 nitrogen and oxygen atoms in total. The Kier molecular flexibility index (Phi) is 4.71. The molecule has 0 aliphatic heterocycles. The normalized spacial score (nSPS) is 12.0. The lowest BCUT2D eigenvalue weighted by atomic mass is 10.1. The molecule has 1 atom stereocenters. The summed E-state index contributed by atoms with van der Waals surface area (Å²) in [6.07, 6.45) is 6.65. The number of rotatable bonds is 6. The summed E-state index contributed by atoms with van der Waals surface area (Å²) in [5, 5.41) is 12.4. The second-order valence-electron chi connectivity index (χ2n) is 4.57. The first-order chi connectivity index (χ1) is 9.29. The third-order valence-corrected chi connectivity index (χ3v) is 3.12. The monoisotopic (exact) mass is 254 g/mol. The van der Waals surface area contributed by atoms with Gasteiger partial charge in [-0.05, 0) is 37.6 Å². The maximum absolute atomic E-state index is 8.88. The molecular weight excluding hydrogens is 236 g/mol. The third kappa shape index (κ3) is 3.94. The molecule has 98 valence electrons. The fourth-order valence-electron chi connectivity index (χ4n) is 1.99. The number of hydrogen-bond donors (Lipinski definition) is 1. The van der Waals surface area contributed by atoms with Crippen LogP contribution in [0.25, 0.3) is 0 Å². The average molecular weight is 254 g/mol. The van der Waals surface area contributed by atoms with Crippen molar-refractivity contribution in [2.45, 2.75) is 25.9 Å². The number of nitrogens with one attached hydrogen (secondary N) is 1. The van der Waals surface area contributed by atoms with E-state index in [0.717, 1.165) is 25.1 Å². The Balaban J connectivity index is 1.77. The zero-order valence-corrected chi connectivity index (χ0v) is 11.1. The number of imidazole rings is 1. The first kappa shape index (κ1) is 13.3. The summed E-state index contributed by atoms with van der Waals surface area (Å²) in [7, 11) is 0. The Hall–Kier alpha value is -2.12. The van der Waals surface area contributed by atoms with Gasteiger partial charge in [-0.25, -0.2) is 4.98 Å². The highest BCUT2D eigenvalue weighted by Crippen LogP contribution is 2.13. The van der Waals surface area contributed by atoms with Crippen LogP contribution in [0.5, 0.6) is 0 Å². The molecule has 0 bridgehead atoms. The number of aryl methyl sites for hydroxylation is 1. The van der Waals surface area contributed by atoms with Gasteiger partial charge in [0.05, 0.1) is 18.0 Å². The number of aromatic nitrogens is 2. The van der Waals surface area contributed by atoms with Crippen LogP contribution in [-0.2, 0) is 6.54 Å². The van der Waals surface area contributed by atoms with Gasteiger partial charge in [-0.15, -0.1) is 0 Å². The van der Waals surface area contributed by atoms with Crippen molar-refractivity contribution in [1.29, 1.82) is 5.26 Å². The second-order valence-corrected chi connectivity index (χ2v) is 4.57. The molecule has 2 rings (SSSR count). The maximum Gasteiger partial charge on any atom is 0.0991 e. The smallest absolute Gasteiger partial charge is 0.0991 e. The van der Waals surface area contributed by atoms with E-state index in [1.807, 2.05) is 36.8 Å². The van der Waals surface area contributed by atoms with Gasteiger partial charge in [-0.1, -0.05) is 12.1 Å². The summed E-state index contributed by atoms with van der Waals surface area (Å²) in [5.41, 5.74) is 1.87. The largest absolute Gasteiger partial charge is 0.337 e. The molecule has 0 spiro atoms. The lowest BCUT2D eigenvalue weighted by molar-refractivity contribution is 0.526. The minimum Gasteiger partial charge on any atom is -0.337 e. The van der Waals surface area contributed by atoms with Crippen LogP contribution in [-0.4, -0.2) is 16.1 Å². The summed E-state index contributed by atoms with van der Waals surface area (Å²) in [6, 6.07) is 10.2. The Morgan fingerprint density at radius 3 is 3.11 bits per heavy atom. The SMILES string of the molecule is CC(NCCCn1ccnc1)c1cccc(C#N)c1. The van der Waals surface area contributed by atoms with Gasteiger partial charge in [0.15, 0.2) is 0 Å². The quantitative estimate of drug-likeness (QED) is 0.806. The predicted octanol–water partition coefficient (Wildman–Crippen LogP) is 2.50. The van der Waals surface area contributed by atoms with E-state index in [2.05, 4.69) is 27.9 Å².